The summed E-state index contributed by atoms with van der Waals surface area (Å²) in [6, 6.07) is 25.7. The molecule has 1 spiro atoms. The van der Waals surface area contributed by atoms with Gasteiger partial charge in [0.1, 0.15) is 5.75 Å². The first-order chi connectivity index (χ1) is 19.7. The fourth-order valence-corrected chi connectivity index (χ4v) is 5.97. The van der Waals surface area contributed by atoms with Crippen LogP contribution in [0.5, 0.6) is 17.2 Å². The molecule has 2 heterocycles. The molecule has 4 aromatic carbocycles. The topological polar surface area (TPSA) is 65.1 Å². The van der Waals surface area contributed by atoms with E-state index in [0.717, 1.165) is 16.8 Å². The smallest absolute Gasteiger partial charge is 0.212 e. The third-order valence-electron chi connectivity index (χ3n) is 8.39. The van der Waals surface area contributed by atoms with Gasteiger partial charge in [-0.15, -0.1) is 0 Å². The van der Waals surface area contributed by atoms with Crippen molar-refractivity contribution in [3.05, 3.63) is 124 Å². The Balaban J connectivity index is 1.37. The number of nitrogens with zero attached hydrogens (tertiary/aromatic N) is 1. The largest absolute Gasteiger partial charge is 0.497 e. The number of anilines is 1. The number of rotatable bonds is 6. The van der Waals surface area contributed by atoms with Crippen LogP contribution >= 0.6 is 0 Å². The SMILES string of the molecule is COc1ccc(C(=O)c2ccc3c(c2)C(C)(C)C2(C=Cc4cc(C(=O)c5ccccc5)cc(OC)c4O2)N3C)cc1. The van der Waals surface area contributed by atoms with E-state index in [2.05, 4.69) is 18.7 Å². The van der Waals surface area contributed by atoms with E-state index in [-0.39, 0.29) is 11.6 Å². The van der Waals surface area contributed by atoms with Crippen molar-refractivity contribution in [2.75, 3.05) is 26.2 Å². The molecular formula is C35H31NO5. The molecule has 6 heteroatoms. The molecule has 0 fully saturated rings. The predicted octanol–water partition coefficient (Wildman–Crippen LogP) is 6.70. The highest BCUT2D eigenvalue weighted by Gasteiger charge is 2.58. The van der Waals surface area contributed by atoms with Crippen LogP contribution in [0.15, 0.2) is 91.0 Å². The molecule has 0 N–H and O–H groups in total. The fourth-order valence-electron chi connectivity index (χ4n) is 5.97. The second kappa shape index (κ2) is 9.66. The van der Waals surface area contributed by atoms with Crippen LogP contribution in [0.2, 0.25) is 0 Å². The number of hydrogen-bond donors (Lipinski definition) is 0. The van der Waals surface area contributed by atoms with Crippen LogP contribution in [0.25, 0.3) is 6.08 Å². The maximum Gasteiger partial charge on any atom is 0.212 e. The van der Waals surface area contributed by atoms with Gasteiger partial charge in [0.2, 0.25) is 5.72 Å². The van der Waals surface area contributed by atoms with Gasteiger partial charge in [-0.2, -0.15) is 0 Å². The van der Waals surface area contributed by atoms with E-state index in [1.807, 2.05) is 61.7 Å². The Morgan fingerprint density at radius 3 is 2.10 bits per heavy atom. The number of fused-ring (bicyclic) bond motifs is 2. The van der Waals surface area contributed by atoms with Crippen molar-refractivity contribution in [1.82, 2.24) is 0 Å². The summed E-state index contributed by atoms with van der Waals surface area (Å²) >= 11 is 0. The molecule has 6 rings (SSSR count). The van der Waals surface area contributed by atoms with Crippen LogP contribution in [0, 0.1) is 0 Å². The third kappa shape index (κ3) is 4.01. The molecule has 0 aliphatic carbocycles. The van der Waals surface area contributed by atoms with Crippen molar-refractivity contribution in [3.8, 4) is 17.2 Å². The Morgan fingerprint density at radius 2 is 1.41 bits per heavy atom. The average Bonchev–Trinajstić information content (AvgIpc) is 3.17. The molecule has 206 valence electrons. The molecule has 2 aliphatic rings. The summed E-state index contributed by atoms with van der Waals surface area (Å²) in [5.41, 5.74) is 3.65. The van der Waals surface area contributed by atoms with E-state index in [1.165, 1.54) is 0 Å². The van der Waals surface area contributed by atoms with Crippen molar-refractivity contribution in [3.63, 3.8) is 0 Å². The van der Waals surface area contributed by atoms with E-state index >= 15 is 0 Å². The molecule has 6 nitrogen and oxygen atoms in total. The summed E-state index contributed by atoms with van der Waals surface area (Å²) in [6.45, 7) is 4.23. The van der Waals surface area contributed by atoms with Crippen LogP contribution in [-0.2, 0) is 5.41 Å². The van der Waals surface area contributed by atoms with Crippen LogP contribution < -0.4 is 19.1 Å². The van der Waals surface area contributed by atoms with Crippen molar-refractivity contribution in [2.24, 2.45) is 0 Å². The Labute approximate surface area is 239 Å². The minimum Gasteiger partial charge on any atom is -0.497 e. The van der Waals surface area contributed by atoms with Gasteiger partial charge in [-0.1, -0.05) is 30.3 Å². The molecule has 1 unspecified atom stereocenters. The highest BCUT2D eigenvalue weighted by molar-refractivity contribution is 6.10. The first kappa shape index (κ1) is 26.4. The number of carbonyl (C=O) groups excluding carboxylic acids is 2. The Bertz CT molecular complexity index is 1710. The quantitative estimate of drug-likeness (QED) is 0.251. The minimum absolute atomic E-state index is 0.0578. The zero-order valence-electron chi connectivity index (χ0n) is 23.7. The molecule has 0 amide bonds. The number of ketones is 2. The summed E-state index contributed by atoms with van der Waals surface area (Å²) in [5, 5.41) is 0. The molecule has 41 heavy (non-hydrogen) atoms. The highest BCUT2D eigenvalue weighted by Crippen LogP contribution is 2.55. The summed E-state index contributed by atoms with van der Waals surface area (Å²) in [6.07, 6.45) is 4.03. The zero-order valence-corrected chi connectivity index (χ0v) is 23.7. The van der Waals surface area contributed by atoms with Gasteiger partial charge in [0.25, 0.3) is 0 Å². The zero-order chi connectivity index (χ0) is 28.9. The maximum atomic E-state index is 13.4. The molecule has 1 atom stereocenters. The average molecular weight is 546 g/mol. The van der Waals surface area contributed by atoms with Crippen LogP contribution in [-0.4, -0.2) is 38.6 Å². The number of methoxy groups -OCH3 is 2. The third-order valence-corrected chi connectivity index (χ3v) is 8.39. The van der Waals surface area contributed by atoms with Crippen LogP contribution in [0.1, 0.15) is 56.8 Å². The minimum atomic E-state index is -0.887. The maximum absolute atomic E-state index is 13.4. The van der Waals surface area contributed by atoms with Crippen LogP contribution in [0.3, 0.4) is 0 Å². The molecule has 4 aromatic rings. The number of benzene rings is 4. The van der Waals surface area contributed by atoms with Crippen molar-refractivity contribution < 1.29 is 23.8 Å². The lowest BCUT2D eigenvalue weighted by atomic mass is 9.75. The molecule has 0 aromatic heterocycles. The van der Waals surface area contributed by atoms with E-state index in [4.69, 9.17) is 14.2 Å². The first-order valence-corrected chi connectivity index (χ1v) is 13.5. The van der Waals surface area contributed by atoms with Gasteiger partial charge in [-0.25, -0.2) is 0 Å². The lowest BCUT2D eigenvalue weighted by Gasteiger charge is -2.46. The number of likely N-dealkylation sites (N-methyl/N-ethyl adjacent to an activating group) is 1. The predicted molar refractivity (Wildman–Crippen MR) is 160 cm³/mol. The Kier molecular flexibility index (Phi) is 6.22. The van der Waals surface area contributed by atoms with Gasteiger partial charge < -0.3 is 19.1 Å². The second-order valence-corrected chi connectivity index (χ2v) is 10.9. The van der Waals surface area contributed by atoms with E-state index in [9.17, 15) is 9.59 Å². The van der Waals surface area contributed by atoms with Crippen molar-refractivity contribution in [2.45, 2.75) is 25.0 Å². The standard InChI is InChI=1S/C35H31NO5/c1-34(2)28-20-24(31(37)23-11-14-27(39-4)15-12-23)13-16-29(28)36(3)35(34)18-17-25-19-26(21-30(40-5)33(25)41-35)32(38)22-9-7-6-8-10-22/h6-21H,1-5H3. The summed E-state index contributed by atoms with van der Waals surface area (Å²) in [7, 11) is 5.17. The summed E-state index contributed by atoms with van der Waals surface area (Å²) in [4.78, 5) is 28.7. The van der Waals surface area contributed by atoms with Gasteiger partial charge >= 0.3 is 0 Å². The lowest BCUT2D eigenvalue weighted by Crippen LogP contribution is -2.58. The molecule has 0 saturated heterocycles. The normalized spacial score (nSPS) is 17.9. The molecule has 0 radical (unpaired) electrons. The number of ether oxygens (including phenoxy) is 3. The lowest BCUT2D eigenvalue weighted by molar-refractivity contribution is 0.0551. The molecule has 2 aliphatic heterocycles. The molecule has 0 bridgehead atoms. The Hall–Kier alpha value is -4.84. The molecule has 0 saturated carbocycles. The second-order valence-electron chi connectivity index (χ2n) is 10.9. The number of carbonyl (C=O) groups is 2. The summed E-state index contributed by atoms with van der Waals surface area (Å²) < 4.78 is 17.9. The monoisotopic (exact) mass is 545 g/mol. The van der Waals surface area contributed by atoms with Crippen LogP contribution in [0.4, 0.5) is 5.69 Å². The van der Waals surface area contributed by atoms with Gasteiger partial charge in [0.15, 0.2) is 23.1 Å². The fraction of sp³-hybridized carbons (Fsp3) is 0.200. The summed E-state index contributed by atoms with van der Waals surface area (Å²) in [5.74, 6) is 1.62. The Morgan fingerprint density at radius 1 is 0.756 bits per heavy atom. The van der Waals surface area contributed by atoms with Crippen molar-refractivity contribution >= 4 is 23.3 Å². The van der Waals surface area contributed by atoms with Gasteiger partial charge in [-0.3, -0.25) is 9.59 Å². The van der Waals surface area contributed by atoms with Gasteiger partial charge in [0.05, 0.1) is 19.6 Å². The first-order valence-electron chi connectivity index (χ1n) is 13.5. The van der Waals surface area contributed by atoms with Gasteiger partial charge in [0, 0.05) is 40.6 Å². The highest BCUT2D eigenvalue weighted by atomic mass is 16.5. The number of hydrogen-bond acceptors (Lipinski definition) is 6. The van der Waals surface area contributed by atoms with E-state index in [1.54, 1.807) is 56.7 Å². The van der Waals surface area contributed by atoms with E-state index < -0.39 is 11.1 Å². The van der Waals surface area contributed by atoms with Gasteiger partial charge in [-0.05, 0) is 86.2 Å². The van der Waals surface area contributed by atoms with E-state index in [0.29, 0.717) is 39.5 Å². The van der Waals surface area contributed by atoms with Crippen molar-refractivity contribution in [1.29, 1.82) is 0 Å². The molecular weight excluding hydrogens is 514 g/mol.